The summed E-state index contributed by atoms with van der Waals surface area (Å²) in [6.45, 7) is 6.21. The van der Waals surface area contributed by atoms with Crippen molar-refractivity contribution in [3.63, 3.8) is 0 Å². The number of carbonyl (C=O) groups is 1. The molecular formula is C24H30N8O. The largest absolute Gasteiger partial charge is 0.364 e. The maximum Gasteiger partial charge on any atom is 0.226 e. The molecule has 3 aromatic heterocycles. The fourth-order valence-corrected chi connectivity index (χ4v) is 5.89. The van der Waals surface area contributed by atoms with E-state index in [-0.39, 0.29) is 12.0 Å². The van der Waals surface area contributed by atoms with Gasteiger partial charge in [-0.1, -0.05) is 12.8 Å². The zero-order valence-corrected chi connectivity index (χ0v) is 19.3. The molecule has 0 bridgehead atoms. The zero-order chi connectivity index (χ0) is 22.6. The van der Waals surface area contributed by atoms with E-state index >= 15 is 0 Å². The molecule has 2 aliphatic carbocycles. The van der Waals surface area contributed by atoms with Crippen molar-refractivity contribution in [2.45, 2.75) is 65.0 Å². The number of hydrogen-bond donors (Lipinski definition) is 1. The lowest BCUT2D eigenvalue weighted by Crippen LogP contribution is -2.33. The van der Waals surface area contributed by atoms with Crippen LogP contribution in [0.15, 0.2) is 18.7 Å². The molecule has 1 amide bonds. The molecule has 1 aliphatic heterocycles. The van der Waals surface area contributed by atoms with Crippen molar-refractivity contribution >= 4 is 22.9 Å². The first-order chi connectivity index (χ1) is 16.1. The summed E-state index contributed by atoms with van der Waals surface area (Å²) in [5.41, 5.74) is 2.74. The second-order valence-electron chi connectivity index (χ2n) is 9.83. The summed E-state index contributed by atoms with van der Waals surface area (Å²) in [7, 11) is 0. The highest BCUT2D eigenvalue weighted by Gasteiger charge is 2.59. The normalized spacial score (nSPS) is 23.5. The van der Waals surface area contributed by atoms with E-state index < -0.39 is 0 Å². The monoisotopic (exact) mass is 446 g/mol. The second-order valence-corrected chi connectivity index (χ2v) is 9.83. The number of imidazole rings is 1. The van der Waals surface area contributed by atoms with E-state index in [1.807, 2.05) is 6.92 Å². The molecule has 9 heteroatoms. The summed E-state index contributed by atoms with van der Waals surface area (Å²) in [5, 5.41) is 3.56. The average molecular weight is 447 g/mol. The van der Waals surface area contributed by atoms with E-state index in [0.717, 1.165) is 66.7 Å². The molecule has 0 radical (unpaired) electrons. The van der Waals surface area contributed by atoms with Gasteiger partial charge < -0.3 is 14.8 Å². The number of likely N-dealkylation sites (tertiary alicyclic amines) is 1. The van der Waals surface area contributed by atoms with Crippen LogP contribution in [0.5, 0.6) is 0 Å². The number of carbonyl (C=O) groups excluding carboxylic acids is 1. The number of amides is 1. The Morgan fingerprint density at radius 3 is 2.73 bits per heavy atom. The van der Waals surface area contributed by atoms with Crippen LogP contribution in [0.25, 0.3) is 22.6 Å². The first-order valence-electron chi connectivity index (χ1n) is 12.1. The van der Waals surface area contributed by atoms with Gasteiger partial charge in [0.25, 0.3) is 0 Å². The molecule has 2 atom stereocenters. The van der Waals surface area contributed by atoms with Crippen LogP contribution in [-0.2, 0) is 11.3 Å². The minimum Gasteiger partial charge on any atom is -0.364 e. The van der Waals surface area contributed by atoms with Crippen LogP contribution in [0.1, 0.15) is 51.3 Å². The molecule has 4 heterocycles. The van der Waals surface area contributed by atoms with Crippen LogP contribution >= 0.6 is 0 Å². The SMILES string of the molecule is CCn1c(-c2cnc(C)nc2)nc2c(N[C@H]3CCN(C(=O)C4CC45CCCC5)C3)ncnc21. The van der Waals surface area contributed by atoms with Gasteiger partial charge in [0.2, 0.25) is 5.91 Å². The summed E-state index contributed by atoms with van der Waals surface area (Å²) >= 11 is 0. The number of aryl methyl sites for hydroxylation is 2. The number of anilines is 1. The molecule has 33 heavy (non-hydrogen) atoms. The van der Waals surface area contributed by atoms with E-state index in [0.29, 0.717) is 11.3 Å². The lowest BCUT2D eigenvalue weighted by Gasteiger charge is -2.19. The Hall–Kier alpha value is -3.10. The van der Waals surface area contributed by atoms with Crippen molar-refractivity contribution in [3.8, 4) is 11.4 Å². The number of nitrogens with zero attached hydrogens (tertiary/aromatic N) is 7. The molecule has 1 spiro atoms. The Labute approximate surface area is 193 Å². The predicted octanol–water partition coefficient (Wildman–Crippen LogP) is 3.20. The first-order valence-corrected chi connectivity index (χ1v) is 12.1. The molecule has 2 saturated carbocycles. The summed E-state index contributed by atoms with van der Waals surface area (Å²) in [4.78, 5) is 37.7. The van der Waals surface area contributed by atoms with Gasteiger partial charge in [0.05, 0.1) is 5.56 Å². The standard InChI is InChI=1S/C24H30N8O/c1-3-32-21(16-11-25-15(2)26-12-16)30-19-20(27-14-28-22(19)32)29-17-6-9-31(13-17)23(33)18-10-24(18)7-4-5-8-24/h11-12,14,17-18H,3-10,13H2,1-2H3,(H,27,28,29)/t17-,18?/m0/s1. The molecule has 3 aliphatic rings. The predicted molar refractivity (Wildman–Crippen MR) is 124 cm³/mol. The van der Waals surface area contributed by atoms with Gasteiger partial charge in [-0.05, 0) is 44.9 Å². The smallest absolute Gasteiger partial charge is 0.226 e. The highest BCUT2D eigenvalue weighted by molar-refractivity contribution is 5.87. The van der Waals surface area contributed by atoms with Crippen LogP contribution in [0, 0.1) is 18.3 Å². The molecule has 1 N–H and O–H groups in total. The number of fused-ring (bicyclic) bond motifs is 1. The maximum atomic E-state index is 13.1. The summed E-state index contributed by atoms with van der Waals surface area (Å²) < 4.78 is 2.06. The van der Waals surface area contributed by atoms with E-state index in [1.165, 1.54) is 25.7 Å². The summed E-state index contributed by atoms with van der Waals surface area (Å²) in [6.07, 6.45) is 12.3. The van der Waals surface area contributed by atoms with Gasteiger partial charge in [0.1, 0.15) is 18.0 Å². The van der Waals surface area contributed by atoms with Gasteiger partial charge >= 0.3 is 0 Å². The number of nitrogens with one attached hydrogen (secondary N) is 1. The molecule has 172 valence electrons. The number of rotatable bonds is 5. The van der Waals surface area contributed by atoms with Crippen molar-refractivity contribution in [1.82, 2.24) is 34.4 Å². The van der Waals surface area contributed by atoms with Crippen molar-refractivity contribution < 1.29 is 4.79 Å². The van der Waals surface area contributed by atoms with Crippen LogP contribution in [-0.4, -0.2) is 59.4 Å². The van der Waals surface area contributed by atoms with Gasteiger partial charge in [0.15, 0.2) is 17.0 Å². The van der Waals surface area contributed by atoms with E-state index in [2.05, 4.69) is 41.6 Å². The van der Waals surface area contributed by atoms with Crippen LogP contribution in [0.4, 0.5) is 5.82 Å². The third-order valence-corrected chi connectivity index (χ3v) is 7.82. The molecule has 1 unspecified atom stereocenters. The van der Waals surface area contributed by atoms with Gasteiger partial charge in [-0.2, -0.15) is 0 Å². The highest BCUT2D eigenvalue weighted by atomic mass is 16.2. The fraction of sp³-hybridized carbons (Fsp3) is 0.583. The highest BCUT2D eigenvalue weighted by Crippen LogP contribution is 2.63. The van der Waals surface area contributed by atoms with E-state index in [4.69, 9.17) is 4.98 Å². The Bertz CT molecular complexity index is 1200. The Balaban J connectivity index is 1.21. The summed E-state index contributed by atoms with van der Waals surface area (Å²) in [5.74, 6) is 2.87. The van der Waals surface area contributed by atoms with Crippen LogP contribution in [0.3, 0.4) is 0 Å². The lowest BCUT2D eigenvalue weighted by atomic mass is 10.0. The summed E-state index contributed by atoms with van der Waals surface area (Å²) in [6, 6.07) is 0.170. The molecule has 3 fully saturated rings. The minimum absolute atomic E-state index is 0.170. The zero-order valence-electron chi connectivity index (χ0n) is 19.3. The van der Waals surface area contributed by atoms with Gasteiger partial charge in [-0.25, -0.2) is 24.9 Å². The maximum absolute atomic E-state index is 13.1. The first kappa shape index (κ1) is 20.5. The number of hydrogen-bond acceptors (Lipinski definition) is 7. The van der Waals surface area contributed by atoms with Gasteiger partial charge in [0, 0.05) is 44.0 Å². The van der Waals surface area contributed by atoms with Crippen molar-refractivity contribution in [2.24, 2.45) is 11.3 Å². The quantitative estimate of drug-likeness (QED) is 0.642. The fourth-order valence-electron chi connectivity index (χ4n) is 5.89. The molecule has 9 nitrogen and oxygen atoms in total. The lowest BCUT2D eigenvalue weighted by molar-refractivity contribution is -0.132. The van der Waals surface area contributed by atoms with Crippen LogP contribution < -0.4 is 5.32 Å². The topological polar surface area (TPSA) is 102 Å². The minimum atomic E-state index is 0.170. The molecule has 3 aromatic rings. The average Bonchev–Trinajstić information content (AvgIpc) is 3.20. The Kier molecular flexibility index (Phi) is 4.81. The van der Waals surface area contributed by atoms with Gasteiger partial charge in [-0.15, -0.1) is 0 Å². The van der Waals surface area contributed by atoms with Crippen molar-refractivity contribution in [1.29, 1.82) is 0 Å². The molecule has 0 aromatic carbocycles. The van der Waals surface area contributed by atoms with Crippen LogP contribution in [0.2, 0.25) is 0 Å². The van der Waals surface area contributed by atoms with E-state index in [1.54, 1.807) is 18.7 Å². The van der Waals surface area contributed by atoms with Crippen molar-refractivity contribution in [3.05, 3.63) is 24.5 Å². The number of aromatic nitrogens is 6. The van der Waals surface area contributed by atoms with Gasteiger partial charge in [-0.3, -0.25) is 4.79 Å². The molecule has 6 rings (SSSR count). The van der Waals surface area contributed by atoms with E-state index in [9.17, 15) is 4.79 Å². The Morgan fingerprint density at radius 2 is 1.97 bits per heavy atom. The second kappa shape index (κ2) is 7.74. The third-order valence-electron chi connectivity index (χ3n) is 7.82. The van der Waals surface area contributed by atoms with Crippen molar-refractivity contribution in [2.75, 3.05) is 18.4 Å². The third kappa shape index (κ3) is 3.45. The molecule has 1 saturated heterocycles. The molecular weight excluding hydrogens is 416 g/mol. The Morgan fingerprint density at radius 1 is 1.18 bits per heavy atom.